The molecule has 29 heavy (non-hydrogen) atoms. The number of carbonyl (C=O) groups excluding carboxylic acids is 2. The first-order chi connectivity index (χ1) is 14.0. The number of likely N-dealkylation sites (tertiary alicyclic amines) is 1. The second kappa shape index (κ2) is 8.74. The molecule has 2 fully saturated rings. The number of alkyl halides is 1. The molecule has 1 aromatic carbocycles. The Hall–Kier alpha value is -2.07. The fraction of sp³-hybridized carbons (Fsp3) is 0.500. The van der Waals surface area contributed by atoms with E-state index >= 15 is 0 Å². The van der Waals surface area contributed by atoms with Gasteiger partial charge in [-0.05, 0) is 61.8 Å². The van der Waals surface area contributed by atoms with Gasteiger partial charge in [-0.2, -0.15) is 0 Å². The molecule has 3 unspecified atom stereocenters. The molecule has 0 aromatic heterocycles. The molecule has 4 rings (SSSR count). The molecule has 5 heteroatoms. The fourth-order valence-electron chi connectivity index (χ4n) is 4.90. The highest BCUT2D eigenvalue weighted by Gasteiger charge is 2.35. The van der Waals surface area contributed by atoms with Crippen molar-refractivity contribution in [2.75, 3.05) is 11.9 Å². The van der Waals surface area contributed by atoms with Crippen LogP contribution in [0, 0.1) is 11.8 Å². The Bertz CT molecular complexity index is 828. The summed E-state index contributed by atoms with van der Waals surface area (Å²) in [6.45, 7) is 2.85. The highest BCUT2D eigenvalue weighted by molar-refractivity contribution is 6.22. The zero-order valence-electron chi connectivity index (χ0n) is 16.9. The van der Waals surface area contributed by atoms with E-state index in [9.17, 15) is 9.59 Å². The summed E-state index contributed by atoms with van der Waals surface area (Å²) in [5.74, 6) is 0.763. The Morgan fingerprint density at radius 2 is 1.79 bits per heavy atom. The summed E-state index contributed by atoms with van der Waals surface area (Å²) in [7, 11) is 0. The van der Waals surface area contributed by atoms with Gasteiger partial charge in [-0.1, -0.05) is 38.0 Å². The minimum Gasteiger partial charge on any atom is -0.335 e. The van der Waals surface area contributed by atoms with Gasteiger partial charge in [-0.15, -0.1) is 11.6 Å². The number of rotatable bonds is 3. The zero-order chi connectivity index (χ0) is 20.4. The first-order valence-electron chi connectivity index (χ1n) is 10.8. The SMILES string of the molecule is CC1C=C(C(=O)Nc2ccc(C(=O)N3CCC[C@H]4CCCCC43)cc2)C=CC1Cl. The van der Waals surface area contributed by atoms with Crippen LogP contribution in [-0.2, 0) is 4.79 Å². The minimum atomic E-state index is -0.156. The third-order valence-electron chi connectivity index (χ3n) is 6.56. The third kappa shape index (κ3) is 4.42. The lowest BCUT2D eigenvalue weighted by Gasteiger charge is -2.44. The van der Waals surface area contributed by atoms with Gasteiger partial charge in [0.15, 0.2) is 0 Å². The van der Waals surface area contributed by atoms with Crippen LogP contribution >= 0.6 is 11.6 Å². The number of carbonyl (C=O) groups is 2. The van der Waals surface area contributed by atoms with Gasteiger partial charge in [-0.3, -0.25) is 9.59 Å². The number of hydrogen-bond donors (Lipinski definition) is 1. The molecule has 1 saturated heterocycles. The van der Waals surface area contributed by atoms with E-state index in [2.05, 4.69) is 10.2 Å². The maximum Gasteiger partial charge on any atom is 0.255 e. The normalized spacial score (nSPS) is 29.0. The molecule has 2 aliphatic carbocycles. The average Bonchev–Trinajstić information content (AvgIpc) is 2.75. The molecular weight excluding hydrogens is 384 g/mol. The van der Waals surface area contributed by atoms with Gasteiger partial charge in [0.1, 0.15) is 0 Å². The zero-order valence-corrected chi connectivity index (χ0v) is 17.7. The fourth-order valence-corrected chi connectivity index (χ4v) is 5.04. The molecule has 1 N–H and O–H groups in total. The van der Waals surface area contributed by atoms with Crippen LogP contribution in [0.15, 0.2) is 48.1 Å². The number of hydrogen-bond acceptors (Lipinski definition) is 2. The number of nitrogens with one attached hydrogen (secondary N) is 1. The van der Waals surface area contributed by atoms with E-state index < -0.39 is 0 Å². The van der Waals surface area contributed by atoms with Crippen molar-refractivity contribution in [3.63, 3.8) is 0 Å². The summed E-state index contributed by atoms with van der Waals surface area (Å²) in [5, 5.41) is 2.84. The van der Waals surface area contributed by atoms with Crippen LogP contribution in [-0.4, -0.2) is 34.7 Å². The van der Waals surface area contributed by atoms with E-state index in [1.54, 1.807) is 6.08 Å². The van der Waals surface area contributed by atoms with Gasteiger partial charge < -0.3 is 10.2 Å². The van der Waals surface area contributed by atoms with Crippen molar-refractivity contribution in [3.05, 3.63) is 53.6 Å². The van der Waals surface area contributed by atoms with E-state index in [4.69, 9.17) is 11.6 Å². The smallest absolute Gasteiger partial charge is 0.255 e. The monoisotopic (exact) mass is 412 g/mol. The number of benzene rings is 1. The van der Waals surface area contributed by atoms with Gasteiger partial charge >= 0.3 is 0 Å². The lowest BCUT2D eigenvalue weighted by atomic mass is 9.78. The second-order valence-corrected chi connectivity index (χ2v) is 9.07. The predicted molar refractivity (Wildman–Crippen MR) is 117 cm³/mol. The molecule has 154 valence electrons. The van der Waals surface area contributed by atoms with Gasteiger partial charge in [0.05, 0.1) is 5.38 Å². The Kier molecular flexibility index (Phi) is 6.09. The Balaban J connectivity index is 1.41. The molecule has 0 radical (unpaired) electrons. The molecule has 4 atom stereocenters. The van der Waals surface area contributed by atoms with Crippen molar-refractivity contribution in [2.24, 2.45) is 11.8 Å². The van der Waals surface area contributed by atoms with E-state index in [1.807, 2.05) is 43.3 Å². The molecule has 1 saturated carbocycles. The summed E-state index contributed by atoms with van der Waals surface area (Å²) in [6.07, 6.45) is 12.8. The molecule has 0 spiro atoms. The molecule has 0 bridgehead atoms. The summed E-state index contributed by atoms with van der Waals surface area (Å²) in [6, 6.07) is 7.68. The summed E-state index contributed by atoms with van der Waals surface area (Å²) in [4.78, 5) is 27.7. The lowest BCUT2D eigenvalue weighted by Crippen LogP contribution is -2.49. The summed E-state index contributed by atoms with van der Waals surface area (Å²) >= 11 is 6.15. The lowest BCUT2D eigenvalue weighted by molar-refractivity contribution is -0.112. The predicted octanol–water partition coefficient (Wildman–Crippen LogP) is 5.16. The van der Waals surface area contributed by atoms with Crippen LogP contribution in [0.4, 0.5) is 5.69 Å². The van der Waals surface area contributed by atoms with Gasteiger partial charge in [0.2, 0.25) is 0 Å². The maximum absolute atomic E-state index is 13.1. The molecular formula is C24H29ClN2O2. The Morgan fingerprint density at radius 3 is 2.55 bits per heavy atom. The summed E-state index contributed by atoms with van der Waals surface area (Å²) < 4.78 is 0. The van der Waals surface area contributed by atoms with E-state index in [-0.39, 0.29) is 23.1 Å². The van der Waals surface area contributed by atoms with Crippen molar-refractivity contribution in [1.29, 1.82) is 0 Å². The number of piperidine rings is 1. The molecule has 2 amide bonds. The Labute approximate surface area is 178 Å². The standard InChI is InChI=1S/C24H29ClN2O2/c1-16-15-19(10-13-21(16)25)23(28)26-20-11-8-18(9-12-20)24(29)27-14-4-6-17-5-2-3-7-22(17)27/h8-13,15-17,21-22H,2-7,14H2,1H3,(H,26,28)/t16?,17-,21?,22?/m1/s1. The maximum atomic E-state index is 13.1. The van der Waals surface area contributed by atoms with Crippen molar-refractivity contribution in [2.45, 2.75) is 56.9 Å². The topological polar surface area (TPSA) is 49.4 Å². The quantitative estimate of drug-likeness (QED) is 0.697. The number of halogens is 1. The first kappa shape index (κ1) is 20.2. The molecule has 1 aliphatic heterocycles. The average molecular weight is 413 g/mol. The summed E-state index contributed by atoms with van der Waals surface area (Å²) in [5.41, 5.74) is 2.01. The highest BCUT2D eigenvalue weighted by atomic mass is 35.5. The van der Waals surface area contributed by atoms with Crippen molar-refractivity contribution in [1.82, 2.24) is 4.90 Å². The van der Waals surface area contributed by atoms with E-state index in [0.29, 0.717) is 28.8 Å². The first-order valence-corrected chi connectivity index (χ1v) is 11.2. The largest absolute Gasteiger partial charge is 0.335 e. The molecule has 4 nitrogen and oxygen atoms in total. The molecule has 3 aliphatic rings. The van der Waals surface area contributed by atoms with E-state index in [0.717, 1.165) is 19.4 Å². The number of fused-ring (bicyclic) bond motifs is 1. The van der Waals surface area contributed by atoms with E-state index in [1.165, 1.54) is 25.7 Å². The number of anilines is 1. The minimum absolute atomic E-state index is 0.0737. The van der Waals surface area contributed by atoms with Crippen LogP contribution < -0.4 is 5.32 Å². The van der Waals surface area contributed by atoms with Crippen molar-refractivity contribution < 1.29 is 9.59 Å². The van der Waals surface area contributed by atoms with Gasteiger partial charge in [0.25, 0.3) is 11.8 Å². The van der Waals surface area contributed by atoms with Gasteiger partial charge in [-0.25, -0.2) is 0 Å². The van der Waals surface area contributed by atoms with Crippen LogP contribution in [0.1, 0.15) is 55.8 Å². The molecule has 1 aromatic rings. The highest BCUT2D eigenvalue weighted by Crippen LogP contribution is 2.36. The van der Waals surface area contributed by atoms with Crippen LogP contribution in [0.5, 0.6) is 0 Å². The number of allylic oxidation sites excluding steroid dienone is 2. The third-order valence-corrected chi connectivity index (χ3v) is 7.10. The van der Waals surface area contributed by atoms with Crippen molar-refractivity contribution in [3.8, 4) is 0 Å². The van der Waals surface area contributed by atoms with Crippen LogP contribution in [0.3, 0.4) is 0 Å². The number of nitrogens with zero attached hydrogens (tertiary/aromatic N) is 1. The Morgan fingerprint density at radius 1 is 1.07 bits per heavy atom. The number of amides is 2. The van der Waals surface area contributed by atoms with Crippen molar-refractivity contribution >= 4 is 29.1 Å². The van der Waals surface area contributed by atoms with Gasteiger partial charge in [0, 0.05) is 29.4 Å². The second-order valence-electron chi connectivity index (χ2n) is 8.57. The molecule has 1 heterocycles. The van der Waals surface area contributed by atoms with Crippen LogP contribution in [0.2, 0.25) is 0 Å². The van der Waals surface area contributed by atoms with Crippen LogP contribution in [0.25, 0.3) is 0 Å².